The van der Waals surface area contributed by atoms with Gasteiger partial charge >= 0.3 is 0 Å². The van der Waals surface area contributed by atoms with Crippen LogP contribution in [-0.2, 0) is 0 Å². The van der Waals surface area contributed by atoms with Crippen molar-refractivity contribution in [2.75, 3.05) is 0 Å². The van der Waals surface area contributed by atoms with Gasteiger partial charge in [-0.3, -0.25) is 4.40 Å². The molecule has 5 aromatic heterocycles. The predicted molar refractivity (Wildman–Crippen MR) is 168 cm³/mol. The molecule has 0 saturated carbocycles. The first-order chi connectivity index (χ1) is 20.3. The molecule has 41 heavy (non-hydrogen) atoms. The summed E-state index contributed by atoms with van der Waals surface area (Å²) in [5, 5.41) is 7.07. The molecular weight excluding hydrogens is 502 g/mol. The number of hydrogen-bond acceptors (Lipinski definition) is 2. The van der Waals surface area contributed by atoms with Crippen LogP contribution in [0.15, 0.2) is 132 Å². The van der Waals surface area contributed by atoms with Gasteiger partial charge < -0.3 is 8.98 Å². The fourth-order valence-corrected chi connectivity index (χ4v) is 6.95. The molecule has 0 spiro atoms. The van der Waals surface area contributed by atoms with Gasteiger partial charge in [0.1, 0.15) is 16.8 Å². The Kier molecular flexibility index (Phi) is 3.90. The van der Waals surface area contributed by atoms with Gasteiger partial charge in [-0.15, -0.1) is 0 Å². The number of rotatable bonds is 2. The van der Waals surface area contributed by atoms with E-state index in [1.807, 2.05) is 6.07 Å². The molecule has 0 amide bonds. The van der Waals surface area contributed by atoms with E-state index in [1.54, 1.807) is 0 Å². The van der Waals surface area contributed by atoms with E-state index in [2.05, 4.69) is 130 Å². The van der Waals surface area contributed by atoms with Crippen molar-refractivity contribution >= 4 is 71.2 Å². The lowest BCUT2D eigenvalue weighted by molar-refractivity contribution is 0.673. The van der Waals surface area contributed by atoms with Crippen molar-refractivity contribution in [2.24, 2.45) is 0 Å². The van der Waals surface area contributed by atoms with E-state index < -0.39 is 0 Å². The average molecular weight is 524 g/mol. The molecule has 0 aliphatic heterocycles. The highest BCUT2D eigenvalue weighted by Gasteiger charge is 2.21. The molecule has 0 saturated heterocycles. The van der Waals surface area contributed by atoms with Crippen LogP contribution in [0.1, 0.15) is 0 Å². The topological polar surface area (TPSA) is 35.4 Å². The Morgan fingerprint density at radius 3 is 2.24 bits per heavy atom. The van der Waals surface area contributed by atoms with E-state index in [-0.39, 0.29) is 0 Å². The zero-order chi connectivity index (χ0) is 26.7. The van der Waals surface area contributed by atoms with Gasteiger partial charge in [0, 0.05) is 38.2 Å². The van der Waals surface area contributed by atoms with Crippen LogP contribution in [0, 0.1) is 0 Å². The Labute approximate surface area is 233 Å². The number of pyridine rings is 1. The minimum Gasteiger partial charge on any atom is -0.455 e. The monoisotopic (exact) mass is 523 g/mol. The Morgan fingerprint density at radius 1 is 0.537 bits per heavy atom. The third kappa shape index (κ3) is 2.66. The number of benzene rings is 5. The van der Waals surface area contributed by atoms with Gasteiger partial charge in [0.2, 0.25) is 0 Å². The maximum absolute atomic E-state index is 6.50. The Morgan fingerprint density at radius 2 is 1.32 bits per heavy atom. The van der Waals surface area contributed by atoms with Gasteiger partial charge in [0.05, 0.1) is 33.1 Å². The van der Waals surface area contributed by atoms with E-state index in [4.69, 9.17) is 9.40 Å². The number of nitrogens with zero attached hydrogens (tertiary/aromatic N) is 3. The molecule has 4 heteroatoms. The summed E-state index contributed by atoms with van der Waals surface area (Å²) in [6.07, 6.45) is 0. The van der Waals surface area contributed by atoms with Gasteiger partial charge in [-0.05, 0) is 48.5 Å². The average Bonchev–Trinajstić information content (AvgIpc) is 3.77. The summed E-state index contributed by atoms with van der Waals surface area (Å²) in [6, 6.07) is 45.1. The minimum absolute atomic E-state index is 0.919. The van der Waals surface area contributed by atoms with E-state index in [0.717, 1.165) is 66.5 Å². The maximum Gasteiger partial charge on any atom is 0.145 e. The van der Waals surface area contributed by atoms with Crippen molar-refractivity contribution in [3.05, 3.63) is 127 Å². The quantitative estimate of drug-likeness (QED) is 0.226. The lowest BCUT2D eigenvalue weighted by atomic mass is 10.1. The third-order valence-electron chi connectivity index (χ3n) is 8.66. The molecule has 10 aromatic rings. The van der Waals surface area contributed by atoms with E-state index in [9.17, 15) is 0 Å². The number of para-hydroxylation sites is 2. The summed E-state index contributed by atoms with van der Waals surface area (Å²) < 4.78 is 11.2. The number of aromatic nitrogens is 3. The highest BCUT2D eigenvalue weighted by molar-refractivity contribution is 6.24. The summed E-state index contributed by atoms with van der Waals surface area (Å²) in [4.78, 5) is 5.04. The molecule has 10 rings (SSSR count). The molecule has 0 atom stereocenters. The summed E-state index contributed by atoms with van der Waals surface area (Å²) in [5.41, 5.74) is 10.7. The molecule has 0 radical (unpaired) electrons. The first kappa shape index (κ1) is 21.2. The highest BCUT2D eigenvalue weighted by atomic mass is 16.3. The van der Waals surface area contributed by atoms with Crippen LogP contribution >= 0.6 is 0 Å². The van der Waals surface area contributed by atoms with E-state index >= 15 is 0 Å². The second-order valence-electron chi connectivity index (χ2n) is 10.8. The molecule has 0 unspecified atom stereocenters. The van der Waals surface area contributed by atoms with E-state index in [0.29, 0.717) is 0 Å². The zero-order valence-corrected chi connectivity index (χ0v) is 21.9. The number of furan rings is 1. The molecule has 0 aliphatic carbocycles. The molecule has 5 heterocycles. The smallest absolute Gasteiger partial charge is 0.145 e. The summed E-state index contributed by atoms with van der Waals surface area (Å²) in [5.74, 6) is 0. The Balaban J connectivity index is 1.31. The summed E-state index contributed by atoms with van der Waals surface area (Å²) in [7, 11) is 0. The van der Waals surface area contributed by atoms with Gasteiger partial charge in [-0.2, -0.15) is 0 Å². The van der Waals surface area contributed by atoms with Gasteiger partial charge in [0.25, 0.3) is 0 Å². The maximum atomic E-state index is 6.50. The third-order valence-corrected chi connectivity index (χ3v) is 8.66. The fourth-order valence-electron chi connectivity index (χ4n) is 6.95. The lowest BCUT2D eigenvalue weighted by Gasteiger charge is -2.08. The van der Waals surface area contributed by atoms with Crippen LogP contribution in [0.25, 0.3) is 88.1 Å². The van der Waals surface area contributed by atoms with Crippen molar-refractivity contribution in [3.63, 3.8) is 0 Å². The largest absolute Gasteiger partial charge is 0.455 e. The first-order valence-corrected chi connectivity index (χ1v) is 13.9. The van der Waals surface area contributed by atoms with Crippen LogP contribution in [0.5, 0.6) is 0 Å². The molecule has 190 valence electrons. The van der Waals surface area contributed by atoms with Crippen molar-refractivity contribution in [2.45, 2.75) is 0 Å². The molecule has 4 nitrogen and oxygen atoms in total. The normalized spacial score (nSPS) is 12.4. The summed E-state index contributed by atoms with van der Waals surface area (Å²) >= 11 is 0. The molecule has 0 fully saturated rings. The highest BCUT2D eigenvalue weighted by Crippen LogP contribution is 2.42. The van der Waals surface area contributed by atoms with Gasteiger partial charge in [-0.25, -0.2) is 4.98 Å². The molecule has 5 aromatic carbocycles. The fraction of sp³-hybridized carbons (Fsp3) is 0. The Hall–Kier alpha value is -5.61. The van der Waals surface area contributed by atoms with Crippen LogP contribution in [0.3, 0.4) is 0 Å². The first-order valence-electron chi connectivity index (χ1n) is 13.9. The van der Waals surface area contributed by atoms with Crippen LogP contribution < -0.4 is 0 Å². The molecular formula is C37H21N3O. The van der Waals surface area contributed by atoms with Crippen molar-refractivity contribution in [1.82, 2.24) is 14.0 Å². The minimum atomic E-state index is 0.919. The number of imidazole rings is 1. The zero-order valence-electron chi connectivity index (χ0n) is 21.9. The van der Waals surface area contributed by atoms with Crippen molar-refractivity contribution in [1.29, 1.82) is 0 Å². The van der Waals surface area contributed by atoms with Gasteiger partial charge in [0.15, 0.2) is 0 Å². The van der Waals surface area contributed by atoms with E-state index in [1.165, 1.54) is 21.7 Å². The lowest BCUT2D eigenvalue weighted by Crippen LogP contribution is -1.93. The molecule has 0 N–H and O–H groups in total. The van der Waals surface area contributed by atoms with Crippen molar-refractivity contribution in [3.8, 4) is 16.9 Å². The van der Waals surface area contributed by atoms with Crippen LogP contribution in [0.4, 0.5) is 0 Å². The van der Waals surface area contributed by atoms with Crippen LogP contribution in [0.2, 0.25) is 0 Å². The predicted octanol–water partition coefficient (Wildman–Crippen LogP) is 9.74. The molecule has 0 bridgehead atoms. The van der Waals surface area contributed by atoms with Gasteiger partial charge in [-0.1, -0.05) is 78.9 Å². The summed E-state index contributed by atoms with van der Waals surface area (Å²) in [6.45, 7) is 0. The second-order valence-corrected chi connectivity index (χ2v) is 10.8. The Bertz CT molecular complexity index is 2640. The standard InChI is InChI=1S/C37H21N3O/c1-2-9-22(10-3-1)35-36-25-18-17-23(21-28(25)30-14-8-16-33(38-35)40(30)36)39-29-13-6-4-12-27(29)34-31(39)20-19-26-24-11-5-7-15-32(24)41-37(26)34/h1-21H. The van der Waals surface area contributed by atoms with Crippen molar-refractivity contribution < 1.29 is 4.42 Å². The number of fused-ring (bicyclic) bond motifs is 10. The number of hydrogen-bond donors (Lipinski definition) is 0. The SMILES string of the molecule is c1ccc(-c2nc3cccc4c5cc(-n6c7ccccc7c7c8oc9ccccc9c8ccc76)ccc5c2n34)cc1. The molecule has 0 aliphatic rings. The second kappa shape index (κ2) is 7.52. The van der Waals surface area contributed by atoms with Crippen LogP contribution in [-0.4, -0.2) is 14.0 Å².